The van der Waals surface area contributed by atoms with Gasteiger partial charge in [-0.05, 0) is 50.0 Å². The summed E-state index contributed by atoms with van der Waals surface area (Å²) in [7, 11) is -3.52. The van der Waals surface area contributed by atoms with Crippen LogP contribution >= 0.6 is 0 Å². The summed E-state index contributed by atoms with van der Waals surface area (Å²) in [5.74, 6) is -1.49. The number of carbonyl (C=O) groups excluding carboxylic acids is 3. The molecule has 182 valence electrons. The van der Waals surface area contributed by atoms with Crippen molar-refractivity contribution >= 4 is 33.9 Å². The highest BCUT2D eigenvalue weighted by Gasteiger charge is 2.24. The third kappa shape index (κ3) is 9.35. The fourth-order valence-electron chi connectivity index (χ4n) is 3.28. The molecule has 1 heterocycles. The molecule has 1 fully saturated rings. The minimum Gasteiger partial charge on any atom is -0.466 e. The highest BCUT2D eigenvalue weighted by atomic mass is 32.2. The van der Waals surface area contributed by atoms with Gasteiger partial charge in [-0.25, -0.2) is 13.2 Å². The van der Waals surface area contributed by atoms with Crippen LogP contribution in [-0.4, -0.2) is 63.4 Å². The first-order chi connectivity index (χ1) is 15.8. The van der Waals surface area contributed by atoms with Crippen LogP contribution < -0.4 is 5.32 Å². The molecular formula is C23H32N2O7S. The molecule has 33 heavy (non-hydrogen) atoms. The molecule has 1 aromatic carbocycles. The average molecular weight is 481 g/mol. The smallest absolute Gasteiger partial charge is 0.331 e. The fraction of sp³-hybridized carbons (Fsp3) is 0.522. The maximum atomic E-state index is 12.8. The van der Waals surface area contributed by atoms with Gasteiger partial charge in [-0.3, -0.25) is 9.59 Å². The van der Waals surface area contributed by atoms with Gasteiger partial charge >= 0.3 is 11.9 Å². The number of benzene rings is 1. The van der Waals surface area contributed by atoms with Crippen molar-refractivity contribution in [2.24, 2.45) is 0 Å². The number of carbonyl (C=O) groups is 3. The monoisotopic (exact) mass is 480 g/mol. The summed E-state index contributed by atoms with van der Waals surface area (Å²) in [6.45, 7) is 2.95. The number of hydrogen-bond acceptors (Lipinski definition) is 7. The van der Waals surface area contributed by atoms with Crippen LogP contribution in [0.4, 0.5) is 0 Å². The standard InChI is InChI=1S/C23H32N2O7S/c1-2-31-22(27)8-7-15-24-21(26)18-32-23(28)14-11-19-9-12-20(13-10-19)33(29,30)25-16-5-3-4-6-17-25/h9-14H,2-8,15-18H2,1H3,(H,24,26)/b14-11+. The second-order valence-electron chi connectivity index (χ2n) is 7.59. The number of hydrogen-bond donors (Lipinski definition) is 1. The molecule has 1 saturated heterocycles. The van der Waals surface area contributed by atoms with E-state index in [1.807, 2.05) is 0 Å². The first-order valence-corrected chi connectivity index (χ1v) is 12.6. The van der Waals surface area contributed by atoms with Crippen molar-refractivity contribution in [2.75, 3.05) is 32.8 Å². The van der Waals surface area contributed by atoms with Gasteiger partial charge in [-0.1, -0.05) is 25.0 Å². The number of nitrogens with one attached hydrogen (secondary N) is 1. The molecule has 1 aromatic rings. The second kappa shape index (κ2) is 13.7. The zero-order valence-electron chi connectivity index (χ0n) is 19.0. The van der Waals surface area contributed by atoms with Crippen LogP contribution in [0.3, 0.4) is 0 Å². The molecule has 10 heteroatoms. The highest BCUT2D eigenvalue weighted by Crippen LogP contribution is 2.21. The van der Waals surface area contributed by atoms with Gasteiger partial charge in [0, 0.05) is 32.1 Å². The predicted molar refractivity (Wildman–Crippen MR) is 123 cm³/mol. The Morgan fingerprint density at radius 3 is 2.33 bits per heavy atom. The van der Waals surface area contributed by atoms with Crippen molar-refractivity contribution in [2.45, 2.75) is 50.3 Å². The Balaban J connectivity index is 1.76. The summed E-state index contributed by atoms with van der Waals surface area (Å²) in [6, 6.07) is 6.28. The molecule has 0 bridgehead atoms. The first kappa shape index (κ1) is 26.5. The van der Waals surface area contributed by atoms with E-state index in [0.717, 1.165) is 25.7 Å². The fourth-order valence-corrected chi connectivity index (χ4v) is 4.79. The van der Waals surface area contributed by atoms with Crippen molar-refractivity contribution in [3.8, 4) is 0 Å². The van der Waals surface area contributed by atoms with Gasteiger partial charge in [-0.15, -0.1) is 0 Å². The summed E-state index contributed by atoms with van der Waals surface area (Å²) in [5, 5.41) is 2.55. The lowest BCUT2D eigenvalue weighted by Crippen LogP contribution is -2.31. The third-order valence-corrected chi connectivity index (χ3v) is 6.94. The summed E-state index contributed by atoms with van der Waals surface area (Å²) >= 11 is 0. The van der Waals surface area contributed by atoms with Crippen LogP contribution in [0.2, 0.25) is 0 Å². The van der Waals surface area contributed by atoms with Gasteiger partial charge in [0.2, 0.25) is 10.0 Å². The minimum atomic E-state index is -3.52. The predicted octanol–water partition coefficient (Wildman–Crippen LogP) is 2.27. The Morgan fingerprint density at radius 2 is 1.70 bits per heavy atom. The van der Waals surface area contributed by atoms with E-state index in [1.54, 1.807) is 19.1 Å². The molecule has 0 spiro atoms. The largest absolute Gasteiger partial charge is 0.466 e. The molecule has 2 rings (SSSR count). The van der Waals surface area contributed by atoms with E-state index in [-0.39, 0.29) is 23.8 Å². The lowest BCUT2D eigenvalue weighted by atomic mass is 10.2. The third-order valence-electron chi connectivity index (χ3n) is 5.03. The molecule has 0 aliphatic carbocycles. The van der Waals surface area contributed by atoms with Crippen LogP contribution in [0, 0.1) is 0 Å². The molecule has 1 amide bonds. The summed E-state index contributed by atoms with van der Waals surface area (Å²) in [4.78, 5) is 34.9. The maximum absolute atomic E-state index is 12.8. The van der Waals surface area contributed by atoms with Crippen LogP contribution in [-0.2, 0) is 33.9 Å². The summed E-state index contributed by atoms with van der Waals surface area (Å²) in [5.41, 5.74) is 0.630. The molecule has 1 aliphatic heterocycles. The molecule has 1 N–H and O–H groups in total. The SMILES string of the molecule is CCOC(=O)CCCNC(=O)COC(=O)/C=C/c1ccc(S(=O)(=O)N2CCCCCC2)cc1. The van der Waals surface area contributed by atoms with Crippen LogP contribution in [0.1, 0.15) is 51.0 Å². The molecule has 0 aromatic heterocycles. The van der Waals surface area contributed by atoms with E-state index in [2.05, 4.69) is 5.32 Å². The van der Waals surface area contributed by atoms with E-state index in [4.69, 9.17) is 9.47 Å². The van der Waals surface area contributed by atoms with Crippen molar-refractivity contribution in [1.29, 1.82) is 0 Å². The zero-order valence-corrected chi connectivity index (χ0v) is 19.8. The maximum Gasteiger partial charge on any atom is 0.331 e. The van der Waals surface area contributed by atoms with E-state index >= 15 is 0 Å². The number of nitrogens with zero attached hydrogens (tertiary/aromatic N) is 1. The Morgan fingerprint density at radius 1 is 1.03 bits per heavy atom. The molecular weight excluding hydrogens is 448 g/mol. The number of rotatable bonds is 11. The van der Waals surface area contributed by atoms with Crippen molar-refractivity contribution in [3.63, 3.8) is 0 Å². The van der Waals surface area contributed by atoms with Gasteiger partial charge in [0.25, 0.3) is 5.91 Å². The molecule has 0 saturated carbocycles. The van der Waals surface area contributed by atoms with Crippen molar-refractivity contribution in [1.82, 2.24) is 9.62 Å². The second-order valence-corrected chi connectivity index (χ2v) is 9.52. The van der Waals surface area contributed by atoms with Gasteiger partial charge < -0.3 is 14.8 Å². The Labute approximate surface area is 195 Å². The van der Waals surface area contributed by atoms with Crippen LogP contribution in [0.25, 0.3) is 6.08 Å². The highest BCUT2D eigenvalue weighted by molar-refractivity contribution is 7.89. The quantitative estimate of drug-likeness (QED) is 0.293. The number of sulfonamides is 1. The van der Waals surface area contributed by atoms with Crippen molar-refractivity contribution < 1.29 is 32.3 Å². The summed E-state index contributed by atoms with van der Waals surface area (Å²) in [6.07, 6.45) is 7.12. The van der Waals surface area contributed by atoms with Gasteiger partial charge in [-0.2, -0.15) is 4.31 Å². The van der Waals surface area contributed by atoms with Crippen molar-refractivity contribution in [3.05, 3.63) is 35.9 Å². The normalized spacial score (nSPS) is 15.1. The molecule has 0 atom stereocenters. The lowest BCUT2D eigenvalue weighted by Gasteiger charge is -2.19. The molecule has 1 aliphatic rings. The topological polar surface area (TPSA) is 119 Å². The lowest BCUT2D eigenvalue weighted by molar-refractivity contribution is -0.143. The van der Waals surface area contributed by atoms with Crippen LogP contribution in [0.5, 0.6) is 0 Å². The molecule has 0 unspecified atom stereocenters. The van der Waals surface area contributed by atoms with E-state index in [1.165, 1.54) is 28.6 Å². The van der Waals surface area contributed by atoms with Gasteiger partial charge in [0.05, 0.1) is 11.5 Å². The van der Waals surface area contributed by atoms with E-state index in [9.17, 15) is 22.8 Å². The minimum absolute atomic E-state index is 0.203. The Kier molecular flexibility index (Phi) is 11.0. The van der Waals surface area contributed by atoms with Crippen LogP contribution in [0.15, 0.2) is 35.2 Å². The average Bonchev–Trinajstić information content (AvgIpc) is 3.10. The molecule has 0 radical (unpaired) electrons. The van der Waals surface area contributed by atoms with E-state index < -0.39 is 28.5 Å². The number of ether oxygens (including phenoxy) is 2. The van der Waals surface area contributed by atoms with E-state index in [0.29, 0.717) is 31.7 Å². The number of amides is 1. The van der Waals surface area contributed by atoms with Gasteiger partial charge in [0.15, 0.2) is 6.61 Å². The Bertz CT molecular complexity index is 919. The Hall–Kier alpha value is -2.72. The zero-order chi connectivity index (χ0) is 24.1. The summed E-state index contributed by atoms with van der Waals surface area (Å²) < 4.78 is 36.8. The van der Waals surface area contributed by atoms with Gasteiger partial charge in [0.1, 0.15) is 0 Å². The molecule has 9 nitrogen and oxygen atoms in total. The first-order valence-electron chi connectivity index (χ1n) is 11.2. The number of esters is 2.